The van der Waals surface area contributed by atoms with Crippen LogP contribution in [0.2, 0.25) is 5.02 Å². The van der Waals surface area contributed by atoms with Crippen LogP contribution in [0, 0.1) is 0 Å². The highest BCUT2D eigenvalue weighted by molar-refractivity contribution is 6.31. The molecule has 0 fully saturated rings. The minimum absolute atomic E-state index is 0.354. The standard InChI is InChI=1S/C15H13ClN4O/c1-2-9-4-3-7-18-13(9)14-19-15(21-20-14)11-6-5-10(16)8-12(11)17/h3-8H,2,17H2,1H3. The van der Waals surface area contributed by atoms with Crippen LogP contribution in [0.3, 0.4) is 0 Å². The zero-order chi connectivity index (χ0) is 14.8. The fourth-order valence-electron chi connectivity index (χ4n) is 2.08. The first-order chi connectivity index (χ1) is 10.2. The third-order valence-corrected chi connectivity index (χ3v) is 3.39. The van der Waals surface area contributed by atoms with Gasteiger partial charge < -0.3 is 10.3 Å². The fourth-order valence-corrected chi connectivity index (χ4v) is 2.26. The first kappa shape index (κ1) is 13.6. The number of nitrogens with two attached hydrogens (primary N) is 1. The predicted octanol–water partition coefficient (Wildman–Crippen LogP) is 3.60. The Morgan fingerprint density at radius 3 is 2.90 bits per heavy atom. The van der Waals surface area contributed by atoms with E-state index in [1.54, 1.807) is 24.4 Å². The molecule has 2 heterocycles. The van der Waals surface area contributed by atoms with Gasteiger partial charge in [0.1, 0.15) is 5.69 Å². The van der Waals surface area contributed by atoms with Gasteiger partial charge in [-0.3, -0.25) is 4.98 Å². The van der Waals surface area contributed by atoms with E-state index in [1.807, 2.05) is 12.1 Å². The van der Waals surface area contributed by atoms with Crippen LogP contribution in [-0.2, 0) is 6.42 Å². The third-order valence-electron chi connectivity index (χ3n) is 3.15. The highest BCUT2D eigenvalue weighted by Gasteiger charge is 2.15. The zero-order valence-electron chi connectivity index (χ0n) is 11.4. The van der Waals surface area contributed by atoms with E-state index in [-0.39, 0.29) is 0 Å². The summed E-state index contributed by atoms with van der Waals surface area (Å²) in [5.74, 6) is 0.809. The highest BCUT2D eigenvalue weighted by Crippen LogP contribution is 2.29. The number of benzene rings is 1. The van der Waals surface area contributed by atoms with Crippen molar-refractivity contribution in [3.05, 3.63) is 47.1 Å². The molecule has 0 spiro atoms. The Bertz CT molecular complexity index is 785. The van der Waals surface area contributed by atoms with Gasteiger partial charge in [0.25, 0.3) is 5.89 Å². The van der Waals surface area contributed by atoms with Crippen molar-refractivity contribution in [2.75, 3.05) is 5.73 Å². The van der Waals surface area contributed by atoms with Crippen molar-refractivity contribution < 1.29 is 4.52 Å². The number of halogens is 1. The number of aromatic nitrogens is 3. The summed E-state index contributed by atoms with van der Waals surface area (Å²) in [6, 6.07) is 9.03. The maximum absolute atomic E-state index is 5.93. The molecule has 3 rings (SSSR count). The van der Waals surface area contributed by atoms with E-state index in [1.165, 1.54) is 0 Å². The van der Waals surface area contributed by atoms with E-state index in [0.717, 1.165) is 17.7 Å². The van der Waals surface area contributed by atoms with Crippen molar-refractivity contribution in [1.29, 1.82) is 0 Å². The maximum Gasteiger partial charge on any atom is 0.260 e. The van der Waals surface area contributed by atoms with Gasteiger partial charge in [0.05, 0.1) is 5.56 Å². The van der Waals surface area contributed by atoms with Crippen LogP contribution < -0.4 is 5.73 Å². The molecule has 0 saturated carbocycles. The van der Waals surface area contributed by atoms with Crippen LogP contribution in [0.15, 0.2) is 41.1 Å². The van der Waals surface area contributed by atoms with Crippen LogP contribution >= 0.6 is 11.6 Å². The van der Waals surface area contributed by atoms with Gasteiger partial charge in [-0.25, -0.2) is 0 Å². The van der Waals surface area contributed by atoms with Gasteiger partial charge >= 0.3 is 0 Å². The Balaban J connectivity index is 2.04. The Morgan fingerprint density at radius 1 is 1.29 bits per heavy atom. The van der Waals surface area contributed by atoms with Crippen LogP contribution in [0.5, 0.6) is 0 Å². The molecule has 1 aromatic carbocycles. The monoisotopic (exact) mass is 300 g/mol. The number of hydrogen-bond acceptors (Lipinski definition) is 5. The average Bonchev–Trinajstić information content (AvgIpc) is 2.96. The average molecular weight is 301 g/mol. The molecule has 0 aliphatic carbocycles. The molecule has 2 N–H and O–H groups in total. The topological polar surface area (TPSA) is 77.8 Å². The number of hydrogen-bond donors (Lipinski definition) is 1. The molecule has 0 aliphatic rings. The van der Waals surface area contributed by atoms with E-state index in [4.69, 9.17) is 21.9 Å². The fraction of sp³-hybridized carbons (Fsp3) is 0.133. The summed E-state index contributed by atoms with van der Waals surface area (Å²) in [6.07, 6.45) is 2.55. The number of rotatable bonds is 3. The van der Waals surface area contributed by atoms with E-state index in [0.29, 0.717) is 28.0 Å². The van der Waals surface area contributed by atoms with Crippen molar-refractivity contribution in [3.63, 3.8) is 0 Å². The van der Waals surface area contributed by atoms with Gasteiger partial charge in [-0.05, 0) is 36.2 Å². The first-order valence-electron chi connectivity index (χ1n) is 6.52. The van der Waals surface area contributed by atoms with Gasteiger partial charge in [0, 0.05) is 16.9 Å². The molecular weight excluding hydrogens is 288 g/mol. The molecule has 0 atom stereocenters. The van der Waals surface area contributed by atoms with Crippen LogP contribution in [0.1, 0.15) is 12.5 Å². The van der Waals surface area contributed by atoms with Crippen LogP contribution in [-0.4, -0.2) is 15.1 Å². The molecule has 0 amide bonds. The minimum Gasteiger partial charge on any atom is -0.398 e. The van der Waals surface area contributed by atoms with Crippen molar-refractivity contribution in [3.8, 4) is 23.0 Å². The van der Waals surface area contributed by atoms with Gasteiger partial charge in [0.15, 0.2) is 0 Å². The molecule has 0 radical (unpaired) electrons. The molecule has 2 aromatic heterocycles. The Labute approximate surface area is 126 Å². The van der Waals surface area contributed by atoms with Gasteiger partial charge in [-0.15, -0.1) is 0 Å². The largest absolute Gasteiger partial charge is 0.398 e. The quantitative estimate of drug-likeness (QED) is 0.748. The lowest BCUT2D eigenvalue weighted by Gasteiger charge is -2.01. The molecule has 106 valence electrons. The number of anilines is 1. The molecule has 6 heteroatoms. The third kappa shape index (κ3) is 2.60. The van der Waals surface area contributed by atoms with Gasteiger partial charge in [-0.2, -0.15) is 4.98 Å². The summed E-state index contributed by atoms with van der Waals surface area (Å²) in [5, 5.41) is 4.56. The van der Waals surface area contributed by atoms with Crippen molar-refractivity contribution in [2.24, 2.45) is 0 Å². The van der Waals surface area contributed by atoms with E-state index < -0.39 is 0 Å². The van der Waals surface area contributed by atoms with Gasteiger partial charge in [0.2, 0.25) is 5.82 Å². The molecule has 3 aromatic rings. The molecule has 0 aliphatic heterocycles. The number of aryl methyl sites for hydroxylation is 1. The summed E-state index contributed by atoms with van der Waals surface area (Å²) in [6.45, 7) is 2.05. The summed E-state index contributed by atoms with van der Waals surface area (Å²) in [7, 11) is 0. The van der Waals surface area contributed by atoms with E-state index >= 15 is 0 Å². The normalized spacial score (nSPS) is 10.8. The molecule has 21 heavy (non-hydrogen) atoms. The number of nitrogen functional groups attached to an aromatic ring is 1. The summed E-state index contributed by atoms with van der Waals surface area (Å²) < 4.78 is 5.30. The van der Waals surface area contributed by atoms with Crippen molar-refractivity contribution in [1.82, 2.24) is 15.1 Å². The van der Waals surface area contributed by atoms with Crippen LogP contribution in [0.25, 0.3) is 23.0 Å². The number of nitrogens with zero attached hydrogens (tertiary/aromatic N) is 3. The van der Waals surface area contributed by atoms with Gasteiger partial charge in [-0.1, -0.05) is 29.7 Å². The Kier molecular flexibility index (Phi) is 3.58. The predicted molar refractivity (Wildman–Crippen MR) is 81.8 cm³/mol. The lowest BCUT2D eigenvalue weighted by atomic mass is 10.1. The lowest BCUT2D eigenvalue weighted by Crippen LogP contribution is -1.93. The lowest BCUT2D eigenvalue weighted by molar-refractivity contribution is 0.432. The van der Waals surface area contributed by atoms with E-state index in [2.05, 4.69) is 22.0 Å². The highest BCUT2D eigenvalue weighted by atomic mass is 35.5. The molecule has 0 unspecified atom stereocenters. The maximum atomic E-state index is 5.93. The minimum atomic E-state index is 0.354. The van der Waals surface area contributed by atoms with Crippen LogP contribution in [0.4, 0.5) is 5.69 Å². The van der Waals surface area contributed by atoms with E-state index in [9.17, 15) is 0 Å². The van der Waals surface area contributed by atoms with Crippen molar-refractivity contribution in [2.45, 2.75) is 13.3 Å². The molecule has 0 saturated heterocycles. The molecule has 5 nitrogen and oxygen atoms in total. The Hall–Kier alpha value is -2.40. The second-order valence-electron chi connectivity index (χ2n) is 4.52. The summed E-state index contributed by atoms with van der Waals surface area (Å²) in [4.78, 5) is 8.71. The first-order valence-corrected chi connectivity index (χ1v) is 6.90. The SMILES string of the molecule is CCc1cccnc1-c1noc(-c2ccc(Cl)cc2N)n1. The molecule has 0 bridgehead atoms. The Morgan fingerprint density at radius 2 is 2.14 bits per heavy atom. The second kappa shape index (κ2) is 5.54. The van der Waals surface area contributed by atoms with Crippen molar-refractivity contribution >= 4 is 17.3 Å². The zero-order valence-corrected chi connectivity index (χ0v) is 12.1. The summed E-state index contributed by atoms with van der Waals surface area (Å²) in [5.41, 5.74) is 8.87. The number of pyridine rings is 1. The smallest absolute Gasteiger partial charge is 0.260 e. The summed E-state index contributed by atoms with van der Waals surface area (Å²) >= 11 is 5.89. The second-order valence-corrected chi connectivity index (χ2v) is 4.96. The molecular formula is C15H13ClN4O.